The van der Waals surface area contributed by atoms with Crippen LogP contribution in [0.5, 0.6) is 0 Å². The molecule has 0 aromatic heterocycles. The van der Waals surface area contributed by atoms with Gasteiger partial charge >= 0.3 is 50.0 Å². The van der Waals surface area contributed by atoms with Crippen LogP contribution in [0.1, 0.15) is 0 Å². The van der Waals surface area contributed by atoms with E-state index in [9.17, 15) is 0 Å². The molecule has 0 aromatic rings. The van der Waals surface area contributed by atoms with Gasteiger partial charge in [0.1, 0.15) is 0 Å². The summed E-state index contributed by atoms with van der Waals surface area (Å²) in [7, 11) is 0. The van der Waals surface area contributed by atoms with Crippen LogP contribution in [0.15, 0.2) is 13.1 Å². The maximum absolute atomic E-state index is 4.92. The van der Waals surface area contributed by atoms with Crippen LogP contribution in [-0.4, -0.2) is 80.5 Å². The third-order valence-electron chi connectivity index (χ3n) is 3.04. The molecule has 0 atom stereocenters. The summed E-state index contributed by atoms with van der Waals surface area (Å²) in [5.41, 5.74) is 16.9. The molecular weight excluding hydrogens is 849 g/mol. The Kier molecular flexibility index (Phi) is 31.8. The van der Waals surface area contributed by atoms with Gasteiger partial charge in [-0.25, -0.2) is 0 Å². The zero-order valence-corrected chi connectivity index (χ0v) is 34.1. The molecule has 12 nitrogen and oxygen atoms in total. The molecule has 5 radical (unpaired) electrons. The number of nitrogens with one attached hydrogen (secondary N) is 6. The largest absolute Gasteiger partial charge is 2.00 e. The maximum Gasteiger partial charge on any atom is 2.00 e. The fraction of sp³-hybridized carbons (Fsp3) is 0.500. The topological polar surface area (TPSA) is 119 Å². The molecule has 0 aromatic carbocycles. The first-order chi connectivity index (χ1) is 17.0. The van der Waals surface area contributed by atoms with Gasteiger partial charge in [0.2, 0.25) is 0 Å². The summed E-state index contributed by atoms with van der Waals surface area (Å²) in [6.07, 6.45) is 0. The van der Waals surface area contributed by atoms with Crippen LogP contribution in [0.2, 0.25) is 0 Å². The van der Waals surface area contributed by atoms with Crippen molar-refractivity contribution in [1.29, 1.82) is 0 Å². The van der Waals surface area contributed by atoms with E-state index in [0.717, 1.165) is 0 Å². The van der Waals surface area contributed by atoms with Gasteiger partial charge in [-0.05, 0) is 25.9 Å². The van der Waals surface area contributed by atoms with Crippen molar-refractivity contribution in [3.63, 3.8) is 0 Å². The SMILES string of the molecule is S=C([S-])NN1CCN=[S-]C(=S)N1.S=C([S-])NN1CCN=[S-]C(=S)N1.S=C([S-])NN1CCN=[S-]C(=S)N1.[Mn+2].[S+2].[Zn+2]. The predicted molar refractivity (Wildman–Crippen MR) is 188 cm³/mol. The van der Waals surface area contributed by atoms with Crippen molar-refractivity contribution in [3.05, 3.63) is 0 Å². The number of hydrazine groups is 6. The smallest absolute Gasteiger partial charge is 0.449 e. The van der Waals surface area contributed by atoms with Crippen LogP contribution in [0.3, 0.4) is 0 Å². The van der Waals surface area contributed by atoms with E-state index < -0.39 is 0 Å². The Hall–Kier alpha value is 1.82. The predicted octanol–water partition coefficient (Wildman–Crippen LogP) is -0.925. The fourth-order valence-corrected chi connectivity index (χ4v) is 4.67. The van der Waals surface area contributed by atoms with Gasteiger partial charge in [0.15, 0.2) is 0 Å². The second-order valence-electron chi connectivity index (χ2n) is 5.68. The number of nitrogens with zero attached hydrogens (tertiary/aromatic N) is 6. The van der Waals surface area contributed by atoms with Crippen molar-refractivity contribution in [2.75, 3.05) is 39.3 Å². The zero-order chi connectivity index (χ0) is 26.9. The van der Waals surface area contributed by atoms with Crippen molar-refractivity contribution in [1.82, 2.24) is 47.9 Å². The van der Waals surface area contributed by atoms with Crippen molar-refractivity contribution >= 4 is 185 Å². The summed E-state index contributed by atoms with van der Waals surface area (Å²) in [6.45, 7) is 4.10. The van der Waals surface area contributed by atoms with Crippen LogP contribution < -0.4 is 32.6 Å². The molecule has 0 saturated carbocycles. The second kappa shape index (κ2) is 27.4. The van der Waals surface area contributed by atoms with E-state index in [1.807, 2.05) is 0 Å². The number of hydrogen-bond acceptors (Lipinski definition) is 18. The van der Waals surface area contributed by atoms with Crippen LogP contribution in [0, 0.1) is 0 Å². The maximum atomic E-state index is 4.92. The van der Waals surface area contributed by atoms with Crippen molar-refractivity contribution in [2.24, 2.45) is 13.1 Å². The van der Waals surface area contributed by atoms with Gasteiger partial charge in [-0.2, -0.15) is 0 Å². The molecule has 0 saturated heterocycles. The summed E-state index contributed by atoms with van der Waals surface area (Å²) >= 11 is 46.7. The summed E-state index contributed by atoms with van der Waals surface area (Å²) in [5.74, 6) is 0. The van der Waals surface area contributed by atoms with E-state index in [1.54, 1.807) is 15.4 Å². The van der Waals surface area contributed by atoms with Crippen molar-refractivity contribution in [2.45, 2.75) is 0 Å². The molecule has 3 heterocycles. The van der Waals surface area contributed by atoms with Gasteiger partial charge in [-0.15, -0.1) is 15.4 Å². The average Bonchev–Trinajstić information content (AvgIpc) is 3.18. The molecule has 6 N–H and O–H groups in total. The summed E-state index contributed by atoms with van der Waals surface area (Å²) < 4.78 is 14.8. The summed E-state index contributed by atoms with van der Waals surface area (Å²) in [4.78, 5) is 0. The standard InChI is InChI=1S/3C4H7N4S4.Mn.S.Zn/c3*9-3(10)6-8-2-1-5-12-4(11)7-8;;;/h3*1-2H2,(H,7,11)(H2,6,9,10);;;/q3*-1;3*+2/p-3. The van der Waals surface area contributed by atoms with Gasteiger partial charge in [0, 0.05) is 19.6 Å². The van der Waals surface area contributed by atoms with Gasteiger partial charge in [0.25, 0.3) is 0 Å². The minimum Gasteiger partial charge on any atom is -0.449 e. The van der Waals surface area contributed by atoms with Gasteiger partial charge in [0.05, 0.1) is 19.6 Å². The molecule has 39 heavy (non-hydrogen) atoms. The molecular formula is C12H18MnN12S13Zn. The van der Waals surface area contributed by atoms with Crippen LogP contribution in [0.25, 0.3) is 0 Å². The molecule has 0 amide bonds. The Morgan fingerprint density at radius 2 is 0.872 bits per heavy atom. The van der Waals surface area contributed by atoms with E-state index in [-0.39, 0.29) is 63.0 Å². The van der Waals surface area contributed by atoms with Crippen LogP contribution in [-0.2, 0) is 123 Å². The van der Waals surface area contributed by atoms with Crippen molar-refractivity contribution < 1.29 is 36.5 Å². The molecule has 0 bridgehead atoms. The Morgan fingerprint density at radius 1 is 0.641 bits per heavy atom. The molecule has 27 heteroatoms. The Bertz CT molecular complexity index is 810. The molecule has 3 aliphatic rings. The number of thiocarbonyl (C=S) groups is 6. The average molecular weight is 868 g/mol. The first-order valence-corrected chi connectivity index (χ1v) is 15.2. The second-order valence-corrected chi connectivity index (χ2v) is 13.5. The first-order valence-electron chi connectivity index (χ1n) is 9.24. The van der Waals surface area contributed by atoms with E-state index >= 15 is 0 Å². The summed E-state index contributed by atoms with van der Waals surface area (Å²) in [5, 5.41) is 4.92. The minimum atomic E-state index is 0. The molecule has 3 rings (SSSR count). The molecule has 0 spiro atoms. The number of rotatable bonds is 3. The minimum absolute atomic E-state index is 0. The van der Waals surface area contributed by atoms with Crippen LogP contribution in [0.4, 0.5) is 0 Å². The molecule has 0 fully saturated rings. The first kappa shape index (κ1) is 45.3. The molecule has 0 unspecified atom stereocenters. The Labute approximate surface area is 318 Å². The molecule has 0 aliphatic carbocycles. The monoisotopic (exact) mass is 865 g/mol. The Morgan fingerprint density at radius 3 is 1.08 bits per heavy atom. The van der Waals surface area contributed by atoms with E-state index in [4.69, 9.17) is 111 Å². The third kappa shape index (κ3) is 26.0. The van der Waals surface area contributed by atoms with E-state index in [1.165, 1.54) is 34.7 Å². The normalized spacial score (nSPS) is 17.4. The fourth-order valence-electron chi connectivity index (χ4n) is 1.88. The summed E-state index contributed by atoms with van der Waals surface area (Å²) in [6, 6.07) is 0. The quantitative estimate of drug-likeness (QED) is 0.119. The van der Waals surface area contributed by atoms with Gasteiger partial charge in [-0.3, -0.25) is 0 Å². The number of hydrogen-bond donors (Lipinski definition) is 6. The Balaban J connectivity index is -0.000000480. The van der Waals surface area contributed by atoms with Crippen LogP contribution >= 0.6 is 73.3 Å². The molecule has 3 aliphatic heterocycles. The van der Waals surface area contributed by atoms with Crippen molar-refractivity contribution in [3.8, 4) is 0 Å². The molecule has 213 valence electrons. The van der Waals surface area contributed by atoms with E-state index in [2.05, 4.69) is 45.6 Å². The third-order valence-corrected chi connectivity index (χ3v) is 6.24. The zero-order valence-electron chi connectivity index (χ0n) is 19.3. The van der Waals surface area contributed by atoms with E-state index in [0.29, 0.717) is 52.2 Å². The van der Waals surface area contributed by atoms with Gasteiger partial charge in [-0.1, -0.05) is 36.7 Å². The van der Waals surface area contributed by atoms with Gasteiger partial charge < -0.3 is 155 Å².